The molecule has 0 heterocycles. The highest BCUT2D eigenvalue weighted by Gasteiger charge is 2.31. The van der Waals surface area contributed by atoms with E-state index in [1.807, 2.05) is 25.1 Å². The highest BCUT2D eigenvalue weighted by molar-refractivity contribution is 5.81. The topological polar surface area (TPSA) is 52.6 Å². The maximum atomic E-state index is 12.3. The van der Waals surface area contributed by atoms with Gasteiger partial charge < -0.3 is 9.47 Å². The molecule has 1 aliphatic carbocycles. The molecule has 2 rings (SSSR count). The zero-order valence-corrected chi connectivity index (χ0v) is 13.1. The second-order valence-corrected chi connectivity index (χ2v) is 5.73. The second kappa shape index (κ2) is 8.57. The molecular formula is C18H24O4. The second-order valence-electron chi connectivity index (χ2n) is 5.73. The van der Waals surface area contributed by atoms with Crippen LogP contribution in [0.4, 0.5) is 0 Å². The van der Waals surface area contributed by atoms with Crippen molar-refractivity contribution in [3.8, 4) is 0 Å². The Balaban J connectivity index is 2.04. The molecule has 120 valence electrons. The minimum atomic E-state index is -0.953. The molecule has 0 N–H and O–H groups in total. The van der Waals surface area contributed by atoms with Crippen LogP contribution in [0.2, 0.25) is 0 Å². The first-order valence-corrected chi connectivity index (χ1v) is 8.14. The summed E-state index contributed by atoms with van der Waals surface area (Å²) in [5, 5.41) is 0. The fraction of sp³-hybridized carbons (Fsp3) is 0.556. The van der Waals surface area contributed by atoms with Gasteiger partial charge in [0.2, 0.25) is 6.10 Å². The van der Waals surface area contributed by atoms with Gasteiger partial charge in [-0.25, -0.2) is 4.79 Å². The Kier molecular flexibility index (Phi) is 6.44. The summed E-state index contributed by atoms with van der Waals surface area (Å²) in [7, 11) is 0. The maximum Gasteiger partial charge on any atom is 0.352 e. The van der Waals surface area contributed by atoms with Gasteiger partial charge in [0.25, 0.3) is 0 Å². The van der Waals surface area contributed by atoms with Crippen LogP contribution in [0.25, 0.3) is 0 Å². The third kappa shape index (κ3) is 4.58. The molecule has 1 fully saturated rings. The van der Waals surface area contributed by atoms with Gasteiger partial charge in [0.1, 0.15) is 0 Å². The molecule has 1 aliphatic rings. The van der Waals surface area contributed by atoms with Crippen molar-refractivity contribution in [2.45, 2.75) is 51.6 Å². The number of ether oxygens (including phenoxy) is 2. The normalized spacial score (nSPS) is 16.2. The summed E-state index contributed by atoms with van der Waals surface area (Å²) in [6.45, 7) is 2.39. The molecule has 0 bridgehead atoms. The van der Waals surface area contributed by atoms with Crippen molar-refractivity contribution >= 4 is 11.9 Å². The predicted octanol–water partition coefficient (Wildman–Crippen LogP) is 3.80. The zero-order valence-electron chi connectivity index (χ0n) is 13.1. The highest BCUT2D eigenvalue weighted by atomic mass is 16.6. The van der Waals surface area contributed by atoms with Crippen LogP contribution in [0.15, 0.2) is 30.3 Å². The predicted molar refractivity (Wildman–Crippen MR) is 83.1 cm³/mol. The molecule has 0 spiro atoms. The molecule has 0 saturated heterocycles. The van der Waals surface area contributed by atoms with Gasteiger partial charge in [-0.05, 0) is 19.3 Å². The highest BCUT2D eigenvalue weighted by Crippen LogP contribution is 2.29. The van der Waals surface area contributed by atoms with Crippen LogP contribution < -0.4 is 0 Å². The molecule has 1 aromatic carbocycles. The van der Waals surface area contributed by atoms with Crippen molar-refractivity contribution in [3.63, 3.8) is 0 Å². The van der Waals surface area contributed by atoms with E-state index in [0.717, 1.165) is 38.5 Å². The average Bonchev–Trinajstić information content (AvgIpc) is 3.08. The lowest BCUT2D eigenvalue weighted by Crippen LogP contribution is -2.25. The van der Waals surface area contributed by atoms with Crippen molar-refractivity contribution in [1.29, 1.82) is 0 Å². The lowest BCUT2D eigenvalue weighted by molar-refractivity contribution is -0.171. The number of hydrogen-bond donors (Lipinski definition) is 0. The van der Waals surface area contributed by atoms with E-state index in [-0.39, 0.29) is 11.9 Å². The molecule has 1 unspecified atom stereocenters. The van der Waals surface area contributed by atoms with E-state index in [1.165, 1.54) is 0 Å². The molecule has 0 aliphatic heterocycles. The van der Waals surface area contributed by atoms with Gasteiger partial charge in [-0.2, -0.15) is 0 Å². The van der Waals surface area contributed by atoms with Crippen molar-refractivity contribution < 1.29 is 19.1 Å². The Morgan fingerprint density at radius 3 is 2.50 bits per heavy atom. The van der Waals surface area contributed by atoms with E-state index in [1.54, 1.807) is 12.1 Å². The monoisotopic (exact) mass is 304 g/mol. The number of unbranched alkanes of at least 4 members (excludes halogenated alkanes) is 1. The molecule has 1 atom stereocenters. The lowest BCUT2D eigenvalue weighted by Gasteiger charge is -2.19. The number of carbonyl (C=O) groups excluding carboxylic acids is 2. The van der Waals surface area contributed by atoms with Gasteiger partial charge in [-0.3, -0.25) is 4.79 Å². The first-order valence-electron chi connectivity index (χ1n) is 8.14. The summed E-state index contributed by atoms with van der Waals surface area (Å²) >= 11 is 0. The summed E-state index contributed by atoms with van der Waals surface area (Å²) in [5.74, 6) is -0.834. The van der Waals surface area contributed by atoms with Gasteiger partial charge in [0, 0.05) is 5.56 Å². The van der Waals surface area contributed by atoms with Crippen molar-refractivity contribution in [2.24, 2.45) is 5.92 Å². The van der Waals surface area contributed by atoms with Crippen LogP contribution in [0.3, 0.4) is 0 Å². The van der Waals surface area contributed by atoms with E-state index < -0.39 is 12.1 Å². The van der Waals surface area contributed by atoms with Gasteiger partial charge in [0.15, 0.2) is 0 Å². The van der Waals surface area contributed by atoms with E-state index in [9.17, 15) is 9.59 Å². The third-order valence-corrected chi connectivity index (χ3v) is 3.98. The number of benzene rings is 1. The van der Waals surface area contributed by atoms with Crippen LogP contribution in [0.1, 0.15) is 57.1 Å². The fourth-order valence-electron chi connectivity index (χ4n) is 2.65. The van der Waals surface area contributed by atoms with E-state index in [0.29, 0.717) is 12.2 Å². The molecule has 4 heteroatoms. The lowest BCUT2D eigenvalue weighted by atomic mass is 10.1. The van der Waals surface area contributed by atoms with Gasteiger partial charge >= 0.3 is 11.9 Å². The van der Waals surface area contributed by atoms with Crippen LogP contribution in [0, 0.1) is 5.92 Å². The average molecular weight is 304 g/mol. The summed E-state index contributed by atoms with van der Waals surface area (Å²) in [6.07, 6.45) is 4.62. The van der Waals surface area contributed by atoms with Crippen LogP contribution >= 0.6 is 0 Å². The van der Waals surface area contributed by atoms with Gasteiger partial charge in [-0.1, -0.05) is 56.5 Å². The third-order valence-electron chi connectivity index (χ3n) is 3.98. The van der Waals surface area contributed by atoms with Crippen molar-refractivity contribution in [3.05, 3.63) is 35.9 Å². The molecule has 1 saturated carbocycles. The maximum absolute atomic E-state index is 12.3. The van der Waals surface area contributed by atoms with E-state index in [2.05, 4.69) is 0 Å². The van der Waals surface area contributed by atoms with E-state index in [4.69, 9.17) is 9.47 Å². The SMILES string of the molecule is CCCCOC(=O)C(OC(=O)C1CCCC1)c1ccccc1. The molecule has 0 radical (unpaired) electrons. The summed E-state index contributed by atoms with van der Waals surface area (Å²) in [5.41, 5.74) is 0.662. The largest absolute Gasteiger partial charge is 0.463 e. The van der Waals surface area contributed by atoms with Crippen molar-refractivity contribution in [1.82, 2.24) is 0 Å². The zero-order chi connectivity index (χ0) is 15.8. The van der Waals surface area contributed by atoms with Crippen LogP contribution in [-0.4, -0.2) is 18.5 Å². The standard InChI is InChI=1S/C18H24O4/c1-2-3-13-21-18(20)16(14-9-5-4-6-10-14)22-17(19)15-11-7-8-12-15/h4-6,9-10,15-16H,2-3,7-8,11-13H2,1H3. The van der Waals surface area contributed by atoms with Crippen LogP contribution in [-0.2, 0) is 19.1 Å². The first kappa shape index (κ1) is 16.5. The van der Waals surface area contributed by atoms with Crippen LogP contribution in [0.5, 0.6) is 0 Å². The van der Waals surface area contributed by atoms with E-state index >= 15 is 0 Å². The number of hydrogen-bond acceptors (Lipinski definition) is 4. The van der Waals surface area contributed by atoms with Gasteiger partial charge in [0.05, 0.1) is 12.5 Å². The Hall–Kier alpha value is -1.84. The quantitative estimate of drug-likeness (QED) is 0.568. The number of rotatable bonds is 7. The fourth-order valence-corrected chi connectivity index (χ4v) is 2.65. The Bertz CT molecular complexity index is 477. The molecule has 22 heavy (non-hydrogen) atoms. The Morgan fingerprint density at radius 1 is 1.18 bits per heavy atom. The molecule has 0 aromatic heterocycles. The first-order chi connectivity index (χ1) is 10.7. The Labute approximate surface area is 131 Å². The number of esters is 2. The molecular weight excluding hydrogens is 280 g/mol. The summed E-state index contributed by atoms with van der Waals surface area (Å²) in [4.78, 5) is 24.5. The smallest absolute Gasteiger partial charge is 0.352 e. The molecule has 4 nitrogen and oxygen atoms in total. The minimum absolute atomic E-state index is 0.0744. The Morgan fingerprint density at radius 2 is 1.86 bits per heavy atom. The van der Waals surface area contributed by atoms with Crippen molar-refractivity contribution in [2.75, 3.05) is 6.61 Å². The summed E-state index contributed by atoms with van der Waals surface area (Å²) in [6, 6.07) is 9.08. The van der Waals surface area contributed by atoms with Gasteiger partial charge in [-0.15, -0.1) is 0 Å². The molecule has 1 aromatic rings. The minimum Gasteiger partial charge on any atom is -0.463 e. The summed E-state index contributed by atoms with van der Waals surface area (Å²) < 4.78 is 10.7. The number of carbonyl (C=O) groups is 2. The molecule has 0 amide bonds.